The van der Waals surface area contributed by atoms with Gasteiger partial charge in [0.2, 0.25) is 0 Å². The van der Waals surface area contributed by atoms with Crippen LogP contribution in [0.25, 0.3) is 0 Å². The summed E-state index contributed by atoms with van der Waals surface area (Å²) in [4.78, 5) is 20.9. The molecule has 1 heterocycles. The van der Waals surface area contributed by atoms with Crippen LogP contribution >= 0.6 is 35.4 Å². The topological polar surface area (TPSA) is 63.7 Å². The van der Waals surface area contributed by atoms with Crippen LogP contribution in [0.5, 0.6) is 0 Å². The number of nitrogens with zero attached hydrogens (tertiary/aromatic N) is 2. The Morgan fingerprint density at radius 2 is 1.67 bits per heavy atom. The van der Waals surface area contributed by atoms with E-state index in [0.29, 0.717) is 4.42 Å². The largest absolute Gasteiger partial charge is 1.00 e. The molecule has 3 amide bonds. The maximum absolute atomic E-state index is 10.5. The molecule has 0 saturated carbocycles. The summed E-state index contributed by atoms with van der Waals surface area (Å²) < 4.78 is 8.89. The van der Waals surface area contributed by atoms with E-state index in [-0.39, 0.29) is 36.1 Å². The number of urea groups is 1. The smallest absolute Gasteiger partial charge is 0.769 e. The molecule has 1 aliphatic rings. The fourth-order valence-electron chi connectivity index (χ4n) is 0.450. The fraction of sp³-hybridized carbons (Fsp3) is 0.333. The summed E-state index contributed by atoms with van der Waals surface area (Å²) >= 11 is 13.7. The van der Waals surface area contributed by atoms with Crippen molar-refractivity contribution in [3.63, 3.8) is 0 Å². The first-order valence-electron chi connectivity index (χ1n) is 2.24. The Morgan fingerprint density at radius 1 is 1.25 bits per heavy atom. The summed E-state index contributed by atoms with van der Waals surface area (Å²) in [6.45, 7) is -0.149. The van der Waals surface area contributed by atoms with Crippen molar-refractivity contribution in [1.29, 1.82) is 0 Å². The summed E-state index contributed by atoms with van der Waals surface area (Å²) in [5.41, 5.74) is 0. The molecular formula is C3H2Cl3N2NaO3. The zero-order chi connectivity index (χ0) is 9.02. The Bertz CT molecular complexity index is 180. The van der Waals surface area contributed by atoms with Gasteiger partial charge in [-0.2, -0.15) is 4.42 Å². The van der Waals surface area contributed by atoms with Crippen LogP contribution in [-0.4, -0.2) is 27.3 Å². The second-order valence-electron chi connectivity index (χ2n) is 1.48. The van der Waals surface area contributed by atoms with E-state index in [9.17, 15) is 9.59 Å². The van der Waals surface area contributed by atoms with E-state index >= 15 is 0 Å². The second kappa shape index (κ2) is 7.20. The van der Waals surface area contributed by atoms with Gasteiger partial charge >= 0.3 is 35.6 Å². The minimum atomic E-state index is -0.691. The van der Waals surface area contributed by atoms with Crippen LogP contribution in [-0.2, 0) is 4.79 Å². The van der Waals surface area contributed by atoms with Crippen molar-refractivity contribution in [2.24, 2.45) is 0 Å². The molecule has 64 valence electrons. The van der Waals surface area contributed by atoms with Gasteiger partial charge in [-0.3, -0.25) is 4.79 Å². The number of rotatable bonds is 0. The van der Waals surface area contributed by atoms with Gasteiger partial charge in [0.05, 0.1) is 0 Å². The molecule has 1 aliphatic heterocycles. The van der Waals surface area contributed by atoms with E-state index < -0.39 is 11.9 Å². The maximum Gasteiger partial charge on any atom is 1.00 e. The summed E-state index contributed by atoms with van der Waals surface area (Å²) in [6.07, 6.45) is 0. The molecule has 0 radical (unpaired) electrons. The van der Waals surface area contributed by atoms with Crippen molar-refractivity contribution in [1.82, 2.24) is 8.84 Å². The fourth-order valence-corrected chi connectivity index (χ4v) is 0.812. The summed E-state index contributed by atoms with van der Waals surface area (Å²) in [5, 5.41) is 0. The molecule has 0 bridgehead atoms. The Kier molecular flexibility index (Phi) is 9.15. The summed E-state index contributed by atoms with van der Waals surface area (Å²) in [5.74, 6) is -0.503. The molecule has 12 heavy (non-hydrogen) atoms. The van der Waals surface area contributed by atoms with Gasteiger partial charge in [0.25, 0.3) is 5.91 Å². The quantitative estimate of drug-likeness (QED) is 0.260. The van der Waals surface area contributed by atoms with Crippen LogP contribution in [0, 0.1) is 0 Å². The predicted molar refractivity (Wildman–Crippen MR) is 36.5 cm³/mol. The van der Waals surface area contributed by atoms with Crippen molar-refractivity contribution < 1.29 is 43.8 Å². The Hall–Kier alpha value is 0.770. The first-order valence-corrected chi connectivity index (χ1v) is 3.23. The van der Waals surface area contributed by atoms with E-state index in [2.05, 4.69) is 11.9 Å². The Morgan fingerprint density at radius 3 is 1.75 bits per heavy atom. The minimum Gasteiger partial charge on any atom is -0.769 e. The van der Waals surface area contributed by atoms with Gasteiger partial charge in [-0.1, -0.05) is 0 Å². The van der Waals surface area contributed by atoms with E-state index in [4.69, 9.17) is 28.2 Å². The van der Waals surface area contributed by atoms with Gasteiger partial charge in [0.1, 0.15) is 6.54 Å². The maximum atomic E-state index is 10.5. The van der Waals surface area contributed by atoms with Gasteiger partial charge in [-0.25, -0.2) is 21.1 Å². The Balaban J connectivity index is 0. The molecule has 5 nitrogen and oxygen atoms in total. The SMILES string of the molecule is O=C1CN(Cl)C(=O)N1Cl.[Na+].[O-]Cl. The van der Waals surface area contributed by atoms with Crippen molar-refractivity contribution in [2.45, 2.75) is 0 Å². The monoisotopic (exact) mass is 242 g/mol. The van der Waals surface area contributed by atoms with E-state index in [1.54, 1.807) is 0 Å². The summed E-state index contributed by atoms with van der Waals surface area (Å²) in [7, 11) is 0. The van der Waals surface area contributed by atoms with Crippen LogP contribution in [0.2, 0.25) is 0 Å². The molecule has 0 spiro atoms. The average Bonchev–Trinajstić information content (AvgIpc) is 2.22. The van der Waals surface area contributed by atoms with Crippen molar-refractivity contribution in [3.05, 3.63) is 0 Å². The van der Waals surface area contributed by atoms with Crippen LogP contribution in [0.3, 0.4) is 0 Å². The molecule has 1 saturated heterocycles. The predicted octanol–water partition coefficient (Wildman–Crippen LogP) is -2.94. The number of hydrogen-bond acceptors (Lipinski definition) is 3. The van der Waals surface area contributed by atoms with Gasteiger partial charge in [0.15, 0.2) is 0 Å². The van der Waals surface area contributed by atoms with E-state index in [1.165, 1.54) is 0 Å². The van der Waals surface area contributed by atoms with Crippen LogP contribution in [0.4, 0.5) is 4.79 Å². The first kappa shape index (κ1) is 15.3. The van der Waals surface area contributed by atoms with Crippen molar-refractivity contribution in [3.8, 4) is 0 Å². The van der Waals surface area contributed by atoms with E-state index in [1.807, 2.05) is 0 Å². The standard InChI is InChI=1S/C3H2Cl2N2O2.ClO.Na/c4-6-1-2(8)7(5)3(6)9;1-2;/h1H2;;/q;-1;+1. The summed E-state index contributed by atoms with van der Waals surface area (Å²) in [6, 6.07) is -0.691. The van der Waals surface area contributed by atoms with Crippen LogP contribution < -0.4 is 34.2 Å². The number of halogens is 3. The Labute approximate surface area is 106 Å². The first-order chi connectivity index (χ1) is 5.13. The number of carbonyl (C=O) groups is 2. The van der Waals surface area contributed by atoms with Crippen molar-refractivity contribution >= 4 is 47.4 Å². The van der Waals surface area contributed by atoms with Crippen molar-refractivity contribution in [2.75, 3.05) is 6.54 Å². The zero-order valence-electron chi connectivity index (χ0n) is 5.96. The van der Waals surface area contributed by atoms with E-state index in [0.717, 1.165) is 4.42 Å². The average molecular weight is 243 g/mol. The van der Waals surface area contributed by atoms with Crippen LogP contribution in [0.15, 0.2) is 0 Å². The third kappa shape index (κ3) is 3.66. The third-order valence-electron chi connectivity index (χ3n) is 0.869. The molecule has 0 aromatic carbocycles. The van der Waals surface area contributed by atoms with Crippen LogP contribution in [0.1, 0.15) is 0 Å². The molecule has 0 aromatic heterocycles. The molecule has 0 aromatic rings. The number of amides is 3. The number of hydrogen-bond donors (Lipinski definition) is 0. The van der Waals surface area contributed by atoms with Gasteiger partial charge in [0, 0.05) is 23.6 Å². The molecule has 0 aliphatic carbocycles. The zero-order valence-corrected chi connectivity index (χ0v) is 10.2. The molecule has 9 heteroatoms. The number of carbonyl (C=O) groups excluding carboxylic acids is 2. The van der Waals surface area contributed by atoms with Gasteiger partial charge < -0.3 is 4.66 Å². The molecule has 1 rings (SSSR count). The number of imide groups is 1. The molecule has 0 atom stereocenters. The molecule has 0 N–H and O–H groups in total. The van der Waals surface area contributed by atoms with Gasteiger partial charge in [-0.15, -0.1) is 0 Å². The molecule has 1 fully saturated rings. The third-order valence-corrected chi connectivity index (χ3v) is 1.47. The molecular weight excluding hydrogens is 241 g/mol. The normalized spacial score (nSPS) is 15.3. The molecule has 0 unspecified atom stereocenters. The second-order valence-corrected chi connectivity index (χ2v) is 2.22. The van der Waals surface area contributed by atoms with Gasteiger partial charge in [-0.05, 0) is 0 Å². The minimum absolute atomic E-state index is 0.